The number of hydrogen-bond acceptors (Lipinski definition) is 1. The van der Waals surface area contributed by atoms with Gasteiger partial charge in [-0.15, -0.1) is 11.6 Å². The van der Waals surface area contributed by atoms with Gasteiger partial charge in [0.05, 0.1) is 0 Å². The Bertz CT molecular complexity index is 312. The molecule has 1 N–H and O–H groups in total. The molecule has 0 aliphatic heterocycles. The minimum atomic E-state index is 0.320. The van der Waals surface area contributed by atoms with Gasteiger partial charge in [-0.05, 0) is 30.5 Å². The molecule has 0 bridgehead atoms. The number of halogens is 2. The number of hydrogen-bond donors (Lipinski definition) is 1. The minimum absolute atomic E-state index is 0.320. The molecule has 2 atom stereocenters. The smallest absolute Gasteiger partial charge is 0.0489 e. The Morgan fingerprint density at radius 2 is 2.00 bits per heavy atom. The van der Waals surface area contributed by atoms with Gasteiger partial charge in [-0.3, -0.25) is 0 Å². The highest BCUT2D eigenvalue weighted by molar-refractivity contribution is 9.10. The van der Waals surface area contributed by atoms with E-state index in [0.29, 0.717) is 11.4 Å². The van der Waals surface area contributed by atoms with Gasteiger partial charge in [-0.2, -0.15) is 0 Å². The third kappa shape index (κ3) is 3.20. The molecule has 2 unspecified atom stereocenters. The first kappa shape index (κ1) is 11.4. The maximum atomic E-state index is 6.20. The van der Waals surface area contributed by atoms with Crippen LogP contribution < -0.4 is 5.32 Å². The maximum absolute atomic E-state index is 6.20. The number of benzene rings is 1. The van der Waals surface area contributed by atoms with Crippen molar-refractivity contribution >= 4 is 27.5 Å². The van der Waals surface area contributed by atoms with Crippen molar-refractivity contribution in [3.63, 3.8) is 0 Å². The van der Waals surface area contributed by atoms with Crippen LogP contribution >= 0.6 is 27.5 Å². The second-order valence-electron chi connectivity index (χ2n) is 4.06. The van der Waals surface area contributed by atoms with E-state index in [0.717, 1.165) is 17.4 Å². The second kappa shape index (κ2) is 5.33. The zero-order valence-corrected chi connectivity index (χ0v) is 10.9. The van der Waals surface area contributed by atoms with Gasteiger partial charge >= 0.3 is 0 Å². The molecule has 15 heavy (non-hydrogen) atoms. The van der Waals surface area contributed by atoms with Crippen LogP contribution in [-0.2, 0) is 6.54 Å². The van der Waals surface area contributed by atoms with Crippen LogP contribution in [0, 0.1) is 0 Å². The van der Waals surface area contributed by atoms with Gasteiger partial charge in [0.2, 0.25) is 0 Å². The van der Waals surface area contributed by atoms with Crippen molar-refractivity contribution < 1.29 is 0 Å². The molecular formula is C12H15BrClN. The molecule has 3 heteroatoms. The molecule has 1 aromatic carbocycles. The fraction of sp³-hybridized carbons (Fsp3) is 0.500. The third-order valence-corrected chi connectivity index (χ3v) is 3.96. The standard InChI is InChI=1S/C12H15BrClN/c13-10-6-4-9(5-7-10)8-15-12-3-1-2-11(12)14/h4-7,11-12,15H,1-3,8H2. The molecule has 0 heterocycles. The Kier molecular flexibility index (Phi) is 4.06. The topological polar surface area (TPSA) is 12.0 Å². The van der Waals surface area contributed by atoms with E-state index in [9.17, 15) is 0 Å². The van der Waals surface area contributed by atoms with Gasteiger partial charge in [0.25, 0.3) is 0 Å². The van der Waals surface area contributed by atoms with Crippen LogP contribution in [0.5, 0.6) is 0 Å². The number of nitrogens with one attached hydrogen (secondary N) is 1. The van der Waals surface area contributed by atoms with Crippen molar-refractivity contribution in [2.24, 2.45) is 0 Å². The fourth-order valence-electron chi connectivity index (χ4n) is 2.00. The molecule has 2 rings (SSSR count). The summed E-state index contributed by atoms with van der Waals surface area (Å²) in [6.45, 7) is 0.918. The predicted octanol–water partition coefficient (Wildman–Crippen LogP) is 3.70. The highest BCUT2D eigenvalue weighted by Crippen LogP contribution is 2.24. The molecule has 0 aromatic heterocycles. The summed E-state index contributed by atoms with van der Waals surface area (Å²) in [6.07, 6.45) is 3.62. The predicted molar refractivity (Wildman–Crippen MR) is 68.3 cm³/mol. The normalized spacial score (nSPS) is 25.7. The summed E-state index contributed by atoms with van der Waals surface area (Å²) in [5.41, 5.74) is 1.31. The molecule has 0 spiro atoms. The SMILES string of the molecule is ClC1CCCC1NCc1ccc(Br)cc1. The summed E-state index contributed by atoms with van der Waals surface area (Å²) in [6, 6.07) is 8.91. The molecule has 1 aliphatic rings. The summed E-state index contributed by atoms with van der Waals surface area (Å²) in [5.74, 6) is 0. The first-order chi connectivity index (χ1) is 7.25. The van der Waals surface area contributed by atoms with Crippen molar-refractivity contribution in [1.82, 2.24) is 5.32 Å². The third-order valence-electron chi connectivity index (χ3n) is 2.91. The molecule has 0 amide bonds. The van der Waals surface area contributed by atoms with Gasteiger partial charge in [-0.25, -0.2) is 0 Å². The van der Waals surface area contributed by atoms with Crippen LogP contribution in [0.4, 0.5) is 0 Å². The lowest BCUT2D eigenvalue weighted by Crippen LogP contribution is -2.32. The van der Waals surface area contributed by atoms with Crippen LogP contribution in [0.25, 0.3) is 0 Å². The quantitative estimate of drug-likeness (QED) is 0.836. The van der Waals surface area contributed by atoms with Crippen molar-refractivity contribution in [3.8, 4) is 0 Å². The highest BCUT2D eigenvalue weighted by atomic mass is 79.9. The average molecular weight is 289 g/mol. The van der Waals surface area contributed by atoms with Gasteiger partial charge in [0, 0.05) is 22.4 Å². The Morgan fingerprint density at radius 3 is 2.60 bits per heavy atom. The van der Waals surface area contributed by atoms with Crippen LogP contribution in [0.2, 0.25) is 0 Å². The van der Waals surface area contributed by atoms with Gasteiger partial charge < -0.3 is 5.32 Å². The van der Waals surface area contributed by atoms with E-state index in [-0.39, 0.29) is 0 Å². The average Bonchev–Trinajstić information content (AvgIpc) is 2.63. The van der Waals surface area contributed by atoms with Crippen molar-refractivity contribution in [1.29, 1.82) is 0 Å². The fourth-order valence-corrected chi connectivity index (χ4v) is 2.63. The van der Waals surface area contributed by atoms with Crippen molar-refractivity contribution in [2.75, 3.05) is 0 Å². The molecule has 1 aliphatic carbocycles. The zero-order valence-electron chi connectivity index (χ0n) is 8.55. The molecule has 1 fully saturated rings. The van der Waals surface area contributed by atoms with Crippen molar-refractivity contribution in [3.05, 3.63) is 34.3 Å². The van der Waals surface area contributed by atoms with E-state index in [4.69, 9.17) is 11.6 Å². The Labute approximate surface area is 104 Å². The van der Waals surface area contributed by atoms with Gasteiger partial charge in [0.15, 0.2) is 0 Å². The number of alkyl halides is 1. The summed E-state index contributed by atoms with van der Waals surface area (Å²) in [7, 11) is 0. The zero-order chi connectivity index (χ0) is 10.7. The first-order valence-electron chi connectivity index (χ1n) is 5.37. The van der Waals surface area contributed by atoms with Gasteiger partial charge in [-0.1, -0.05) is 34.5 Å². The van der Waals surface area contributed by atoms with Crippen LogP contribution in [0.3, 0.4) is 0 Å². The molecule has 1 aromatic rings. The largest absolute Gasteiger partial charge is 0.308 e. The van der Waals surface area contributed by atoms with Crippen LogP contribution in [0.15, 0.2) is 28.7 Å². The van der Waals surface area contributed by atoms with Crippen LogP contribution in [0.1, 0.15) is 24.8 Å². The summed E-state index contributed by atoms with van der Waals surface area (Å²) in [5, 5.41) is 3.84. The van der Waals surface area contributed by atoms with Gasteiger partial charge in [0.1, 0.15) is 0 Å². The lowest BCUT2D eigenvalue weighted by molar-refractivity contribution is 0.528. The summed E-state index contributed by atoms with van der Waals surface area (Å²) in [4.78, 5) is 0. The Hall–Kier alpha value is -0.0500. The minimum Gasteiger partial charge on any atom is -0.308 e. The molecule has 82 valence electrons. The molecule has 0 saturated heterocycles. The monoisotopic (exact) mass is 287 g/mol. The molecule has 1 saturated carbocycles. The van der Waals surface area contributed by atoms with E-state index in [1.807, 2.05) is 0 Å². The molecule has 0 radical (unpaired) electrons. The highest BCUT2D eigenvalue weighted by Gasteiger charge is 2.24. The number of rotatable bonds is 3. The lowest BCUT2D eigenvalue weighted by atomic mass is 10.2. The van der Waals surface area contributed by atoms with E-state index >= 15 is 0 Å². The van der Waals surface area contributed by atoms with Crippen molar-refractivity contribution in [2.45, 2.75) is 37.2 Å². The van der Waals surface area contributed by atoms with E-state index in [1.54, 1.807) is 0 Å². The second-order valence-corrected chi connectivity index (χ2v) is 5.54. The Morgan fingerprint density at radius 1 is 1.27 bits per heavy atom. The summed E-state index contributed by atoms with van der Waals surface area (Å²) < 4.78 is 1.13. The van der Waals surface area contributed by atoms with E-state index in [2.05, 4.69) is 45.5 Å². The summed E-state index contributed by atoms with van der Waals surface area (Å²) >= 11 is 9.63. The maximum Gasteiger partial charge on any atom is 0.0489 e. The molecular weight excluding hydrogens is 273 g/mol. The molecule has 1 nitrogen and oxygen atoms in total. The lowest BCUT2D eigenvalue weighted by Gasteiger charge is -2.15. The Balaban J connectivity index is 1.85. The van der Waals surface area contributed by atoms with Crippen LogP contribution in [-0.4, -0.2) is 11.4 Å². The van der Waals surface area contributed by atoms with E-state index in [1.165, 1.54) is 18.4 Å². The van der Waals surface area contributed by atoms with E-state index < -0.39 is 0 Å². The first-order valence-corrected chi connectivity index (χ1v) is 6.60.